The van der Waals surface area contributed by atoms with E-state index in [-0.39, 0.29) is 34.6 Å². The summed E-state index contributed by atoms with van der Waals surface area (Å²) < 4.78 is 30.0. The van der Waals surface area contributed by atoms with Crippen LogP contribution in [0, 0.1) is 5.92 Å². The van der Waals surface area contributed by atoms with Crippen LogP contribution in [0.5, 0.6) is 0 Å². The van der Waals surface area contributed by atoms with E-state index < -0.39 is 10.0 Å². The lowest BCUT2D eigenvalue weighted by atomic mass is 9.84. The van der Waals surface area contributed by atoms with Gasteiger partial charge in [-0.3, -0.25) is 9.59 Å². The number of nitrogens with one attached hydrogen (secondary N) is 1. The average Bonchev–Trinajstić information content (AvgIpc) is 2.81. The van der Waals surface area contributed by atoms with Crippen molar-refractivity contribution >= 4 is 21.6 Å². The first-order valence-corrected chi connectivity index (χ1v) is 12.5. The van der Waals surface area contributed by atoms with E-state index in [1.54, 1.807) is 28.8 Å². The standard InChI is InChI=1S/C25H25N3O4S/c29-24(14-18-5-2-1-3-6-18)26-21-9-11-22(12-10-21)33(31,32)27-15-19-13-20(17-27)23-7-4-8-25(30)28(23)16-19/h1-12,19-20H,13-17H2,(H,26,29). The molecule has 2 unspecified atom stereocenters. The van der Waals surface area contributed by atoms with Gasteiger partial charge in [-0.25, -0.2) is 8.42 Å². The highest BCUT2D eigenvalue weighted by atomic mass is 32.2. The Balaban J connectivity index is 1.29. The highest BCUT2D eigenvalue weighted by Gasteiger charge is 2.39. The SMILES string of the molecule is O=C(Cc1ccccc1)Nc1ccc(S(=O)(=O)N2CC3CC(C2)c2cccc(=O)n2C3)cc1. The molecule has 33 heavy (non-hydrogen) atoms. The third kappa shape index (κ3) is 4.36. The number of hydrogen-bond donors (Lipinski definition) is 1. The molecule has 7 nitrogen and oxygen atoms in total. The molecule has 0 spiro atoms. The van der Waals surface area contributed by atoms with E-state index in [9.17, 15) is 18.0 Å². The van der Waals surface area contributed by atoms with Crippen molar-refractivity contribution in [1.82, 2.24) is 8.87 Å². The summed E-state index contributed by atoms with van der Waals surface area (Å²) in [5, 5.41) is 2.82. The van der Waals surface area contributed by atoms with Crippen LogP contribution in [-0.2, 0) is 27.8 Å². The molecule has 1 N–H and O–H groups in total. The molecule has 3 heterocycles. The zero-order valence-corrected chi connectivity index (χ0v) is 18.9. The summed E-state index contributed by atoms with van der Waals surface area (Å²) in [4.78, 5) is 24.7. The first-order chi connectivity index (χ1) is 15.9. The van der Waals surface area contributed by atoms with Crippen LogP contribution in [-0.4, -0.2) is 36.3 Å². The minimum Gasteiger partial charge on any atom is -0.326 e. The van der Waals surface area contributed by atoms with Crippen molar-refractivity contribution in [3.63, 3.8) is 0 Å². The minimum atomic E-state index is -3.68. The predicted molar refractivity (Wildman–Crippen MR) is 126 cm³/mol. The normalized spacial score (nSPS) is 20.1. The van der Waals surface area contributed by atoms with E-state index >= 15 is 0 Å². The van der Waals surface area contributed by atoms with E-state index in [0.29, 0.717) is 25.3 Å². The number of amides is 1. The maximum absolute atomic E-state index is 13.3. The molecular formula is C25H25N3O4S. The highest BCUT2D eigenvalue weighted by Crippen LogP contribution is 2.37. The molecule has 1 amide bonds. The second-order valence-corrected chi connectivity index (χ2v) is 10.7. The van der Waals surface area contributed by atoms with Crippen molar-refractivity contribution < 1.29 is 13.2 Å². The fraction of sp³-hybridized carbons (Fsp3) is 0.280. The molecule has 2 aliphatic heterocycles. The van der Waals surface area contributed by atoms with Gasteiger partial charge in [0.05, 0.1) is 11.3 Å². The Labute approximate surface area is 192 Å². The summed E-state index contributed by atoms with van der Waals surface area (Å²) in [5.74, 6) is -0.0324. The predicted octanol–water partition coefficient (Wildman–Crippen LogP) is 2.84. The largest absolute Gasteiger partial charge is 0.326 e. The molecule has 0 aliphatic carbocycles. The van der Waals surface area contributed by atoms with Gasteiger partial charge in [-0.1, -0.05) is 36.4 Å². The molecule has 3 aromatic rings. The number of pyridine rings is 1. The Morgan fingerprint density at radius 3 is 2.42 bits per heavy atom. The van der Waals surface area contributed by atoms with Gasteiger partial charge >= 0.3 is 0 Å². The Morgan fingerprint density at radius 2 is 1.67 bits per heavy atom. The number of carbonyl (C=O) groups excluding carboxylic acids is 1. The quantitative estimate of drug-likeness (QED) is 0.630. The molecule has 5 rings (SSSR count). The molecule has 170 valence electrons. The smallest absolute Gasteiger partial charge is 0.250 e. The Morgan fingerprint density at radius 1 is 0.909 bits per heavy atom. The van der Waals surface area contributed by atoms with Crippen molar-refractivity contribution in [3.8, 4) is 0 Å². The number of benzene rings is 2. The van der Waals surface area contributed by atoms with E-state index in [2.05, 4.69) is 5.32 Å². The van der Waals surface area contributed by atoms with Gasteiger partial charge in [-0.2, -0.15) is 4.31 Å². The summed E-state index contributed by atoms with van der Waals surface area (Å²) in [5.41, 5.74) is 2.35. The van der Waals surface area contributed by atoms with Crippen LogP contribution in [0.3, 0.4) is 0 Å². The topological polar surface area (TPSA) is 88.5 Å². The van der Waals surface area contributed by atoms with E-state index in [0.717, 1.165) is 17.7 Å². The molecular weight excluding hydrogens is 438 g/mol. The van der Waals surface area contributed by atoms with Crippen LogP contribution >= 0.6 is 0 Å². The summed E-state index contributed by atoms with van der Waals surface area (Å²) in [6.45, 7) is 1.30. The fourth-order valence-electron chi connectivity index (χ4n) is 4.89. The van der Waals surface area contributed by atoms with Crippen LogP contribution in [0.4, 0.5) is 5.69 Å². The highest BCUT2D eigenvalue weighted by molar-refractivity contribution is 7.89. The first-order valence-electron chi connectivity index (χ1n) is 11.0. The Kier molecular flexibility index (Phi) is 5.64. The zero-order chi connectivity index (χ0) is 23.0. The van der Waals surface area contributed by atoms with Crippen molar-refractivity contribution in [2.45, 2.75) is 30.2 Å². The number of fused-ring (bicyclic) bond motifs is 4. The number of carbonyl (C=O) groups is 1. The van der Waals surface area contributed by atoms with Crippen molar-refractivity contribution in [2.24, 2.45) is 5.92 Å². The number of nitrogens with zero attached hydrogens (tertiary/aromatic N) is 2. The van der Waals surface area contributed by atoms with Gasteiger partial charge in [0.15, 0.2) is 0 Å². The van der Waals surface area contributed by atoms with Crippen molar-refractivity contribution in [1.29, 1.82) is 0 Å². The molecule has 1 saturated heterocycles. The molecule has 1 aromatic heterocycles. The van der Waals surface area contributed by atoms with Crippen LogP contribution in [0.25, 0.3) is 0 Å². The first kappa shape index (κ1) is 21.6. The lowest BCUT2D eigenvalue weighted by molar-refractivity contribution is -0.115. The lowest BCUT2D eigenvalue weighted by Gasteiger charge is -2.42. The molecule has 2 atom stereocenters. The van der Waals surface area contributed by atoms with E-state index in [4.69, 9.17) is 0 Å². The number of sulfonamides is 1. The van der Waals surface area contributed by atoms with Gasteiger partial charge < -0.3 is 9.88 Å². The van der Waals surface area contributed by atoms with Crippen molar-refractivity contribution in [2.75, 3.05) is 18.4 Å². The summed E-state index contributed by atoms with van der Waals surface area (Å²) in [6.07, 6.45) is 1.14. The fourth-order valence-corrected chi connectivity index (χ4v) is 6.46. The molecule has 2 aromatic carbocycles. The maximum atomic E-state index is 13.3. The van der Waals surface area contributed by atoms with Gasteiger partial charge in [-0.15, -0.1) is 0 Å². The number of rotatable bonds is 5. The third-order valence-electron chi connectivity index (χ3n) is 6.43. The molecule has 0 radical (unpaired) electrons. The van der Waals surface area contributed by atoms with Gasteiger partial charge in [-0.05, 0) is 48.2 Å². The minimum absolute atomic E-state index is 0.0118. The molecule has 2 bridgehead atoms. The molecule has 8 heteroatoms. The van der Waals surface area contributed by atoms with Crippen molar-refractivity contribution in [3.05, 3.63) is 94.4 Å². The third-order valence-corrected chi connectivity index (χ3v) is 8.28. The van der Waals surface area contributed by atoms with Gasteiger partial charge in [0.1, 0.15) is 0 Å². The lowest BCUT2D eigenvalue weighted by Crippen LogP contribution is -2.48. The summed E-state index contributed by atoms with van der Waals surface area (Å²) in [6, 6.07) is 21.0. The Bertz CT molecular complexity index is 1330. The second-order valence-electron chi connectivity index (χ2n) is 8.76. The van der Waals surface area contributed by atoms with E-state index in [1.165, 1.54) is 16.4 Å². The van der Waals surface area contributed by atoms with Gasteiger partial charge in [0, 0.05) is 43.0 Å². The molecule has 0 saturated carbocycles. The Hall–Kier alpha value is -3.23. The number of piperidine rings is 1. The maximum Gasteiger partial charge on any atom is 0.250 e. The monoisotopic (exact) mass is 463 g/mol. The summed E-state index contributed by atoms with van der Waals surface area (Å²) in [7, 11) is -3.68. The summed E-state index contributed by atoms with van der Waals surface area (Å²) >= 11 is 0. The van der Waals surface area contributed by atoms with Crippen LogP contribution in [0.2, 0.25) is 0 Å². The number of anilines is 1. The van der Waals surface area contributed by atoms with Crippen LogP contribution < -0.4 is 10.9 Å². The molecule has 1 fully saturated rings. The van der Waals surface area contributed by atoms with Crippen LogP contribution in [0.1, 0.15) is 23.6 Å². The van der Waals surface area contributed by atoms with Gasteiger partial charge in [0.25, 0.3) is 5.56 Å². The van der Waals surface area contributed by atoms with Crippen LogP contribution in [0.15, 0.2) is 82.5 Å². The number of hydrogen-bond acceptors (Lipinski definition) is 4. The zero-order valence-electron chi connectivity index (χ0n) is 18.1. The van der Waals surface area contributed by atoms with E-state index in [1.807, 2.05) is 36.4 Å². The number of aromatic nitrogens is 1. The van der Waals surface area contributed by atoms with Gasteiger partial charge in [0.2, 0.25) is 15.9 Å². The molecule has 2 aliphatic rings. The second kappa shape index (κ2) is 8.61. The average molecular weight is 464 g/mol.